The molecule has 3 aliphatic heterocycles. The maximum absolute atomic E-state index is 12.1. The number of ether oxygens (including phenoxy) is 1. The molecule has 9 heteroatoms. The fourth-order valence-corrected chi connectivity index (χ4v) is 6.95. The van der Waals surface area contributed by atoms with E-state index in [1.165, 1.54) is 44.9 Å². The lowest BCUT2D eigenvalue weighted by atomic mass is 10.0. The summed E-state index contributed by atoms with van der Waals surface area (Å²) in [5, 5.41) is 19.4. The van der Waals surface area contributed by atoms with Crippen molar-refractivity contribution in [3.63, 3.8) is 0 Å². The number of nitrogens with one attached hydrogen (secondary N) is 3. The largest absolute Gasteiger partial charge is 0.456 e. The number of carbonyl (C=O) groups excluding carboxylic acids is 3. The third-order valence-corrected chi connectivity index (χ3v) is 9.20. The van der Waals surface area contributed by atoms with Crippen LogP contribution in [0, 0.1) is 0 Å². The van der Waals surface area contributed by atoms with Crippen LogP contribution in [0.2, 0.25) is 0 Å². The number of aliphatic hydroxyl groups is 1. The molecule has 3 saturated heterocycles. The summed E-state index contributed by atoms with van der Waals surface area (Å²) in [6.45, 7) is 2.50. The van der Waals surface area contributed by atoms with Gasteiger partial charge in [-0.05, 0) is 39.0 Å². The number of unbranched alkanes of at least 4 members (excludes halogenated alkanes) is 11. The molecule has 0 saturated carbocycles. The Morgan fingerprint density at radius 1 is 1.00 bits per heavy atom. The van der Waals surface area contributed by atoms with E-state index in [9.17, 15) is 19.5 Å². The summed E-state index contributed by atoms with van der Waals surface area (Å²) in [7, 11) is 0. The van der Waals surface area contributed by atoms with E-state index in [2.05, 4.69) is 16.0 Å². The number of cyclic esters (lactones) is 1. The third-order valence-electron chi connectivity index (χ3n) is 7.69. The molecule has 210 valence electrons. The van der Waals surface area contributed by atoms with Crippen LogP contribution in [0.4, 0.5) is 4.79 Å². The number of urea groups is 1. The van der Waals surface area contributed by atoms with Crippen molar-refractivity contribution in [3.05, 3.63) is 11.6 Å². The molecule has 3 heterocycles. The van der Waals surface area contributed by atoms with E-state index in [0.717, 1.165) is 57.2 Å². The predicted octanol–water partition coefficient (Wildman–Crippen LogP) is 4.35. The molecule has 3 fully saturated rings. The Kier molecular flexibility index (Phi) is 13.1. The first-order valence-electron chi connectivity index (χ1n) is 14.5. The monoisotopic (exact) mass is 537 g/mol. The second-order valence-electron chi connectivity index (χ2n) is 10.8. The summed E-state index contributed by atoms with van der Waals surface area (Å²) in [5.74, 6) is 0.782. The molecule has 3 amide bonds. The van der Waals surface area contributed by atoms with E-state index in [4.69, 9.17) is 4.74 Å². The number of fused-ring (bicyclic) bond motifs is 1. The quantitative estimate of drug-likeness (QED) is 0.0894. The number of allylic oxidation sites excluding steroid dienone is 1. The minimum Gasteiger partial charge on any atom is -0.456 e. The van der Waals surface area contributed by atoms with Crippen LogP contribution in [-0.4, -0.2) is 64.9 Å². The average molecular weight is 538 g/mol. The maximum Gasteiger partial charge on any atom is 0.336 e. The van der Waals surface area contributed by atoms with Crippen LogP contribution in [0.3, 0.4) is 0 Å². The lowest BCUT2D eigenvalue weighted by Crippen LogP contribution is -2.36. The molecule has 0 bridgehead atoms. The van der Waals surface area contributed by atoms with Crippen molar-refractivity contribution in [2.45, 2.75) is 133 Å². The first kappa shape index (κ1) is 29.8. The number of aliphatic hydroxyl groups excluding tert-OH is 1. The molecule has 0 aromatic carbocycles. The molecule has 37 heavy (non-hydrogen) atoms. The molecule has 0 unspecified atom stereocenters. The molecule has 4 N–H and O–H groups in total. The Morgan fingerprint density at radius 2 is 1.68 bits per heavy atom. The number of hydrogen-bond acceptors (Lipinski definition) is 6. The second-order valence-corrected chi connectivity index (χ2v) is 12.0. The Morgan fingerprint density at radius 3 is 2.35 bits per heavy atom. The van der Waals surface area contributed by atoms with Gasteiger partial charge in [0.15, 0.2) is 0 Å². The maximum atomic E-state index is 12.1. The van der Waals surface area contributed by atoms with Gasteiger partial charge >= 0.3 is 12.0 Å². The van der Waals surface area contributed by atoms with E-state index in [0.29, 0.717) is 17.2 Å². The molecule has 3 aliphatic rings. The van der Waals surface area contributed by atoms with Gasteiger partial charge in [0.1, 0.15) is 12.2 Å². The number of rotatable bonds is 18. The van der Waals surface area contributed by atoms with Crippen LogP contribution >= 0.6 is 11.8 Å². The number of amides is 3. The lowest BCUT2D eigenvalue weighted by molar-refractivity contribution is -0.138. The van der Waals surface area contributed by atoms with E-state index >= 15 is 0 Å². The Bertz CT molecular complexity index is 777. The standard InChI is InChI=1S/C28H47N3O5S/c1-20-26(33)21(27(34)36-20)15-11-9-7-5-3-2-4-6-8-10-14-18-29-24(32)17-13-12-16-23-25-22(19-37-23)30-28(35)31-25/h15,20,22-23,25-26,33H,2-14,16-19H2,1H3,(H,29,32)(H2,30,31,35)/b21-15+/t20-,22-,23-,25-,26+/m0/s1. The fourth-order valence-electron chi connectivity index (χ4n) is 5.41. The molecular formula is C28H47N3O5S. The molecule has 8 nitrogen and oxygen atoms in total. The molecule has 3 rings (SSSR count). The van der Waals surface area contributed by atoms with Gasteiger partial charge in [-0.3, -0.25) is 4.79 Å². The summed E-state index contributed by atoms with van der Waals surface area (Å²) in [4.78, 5) is 35.1. The van der Waals surface area contributed by atoms with Crippen LogP contribution in [0.1, 0.15) is 103 Å². The molecule has 0 aromatic rings. The second kappa shape index (κ2) is 16.3. The first-order valence-corrected chi connectivity index (χ1v) is 15.5. The zero-order valence-electron chi connectivity index (χ0n) is 22.5. The van der Waals surface area contributed by atoms with Crippen LogP contribution in [-0.2, 0) is 14.3 Å². The number of esters is 1. The highest BCUT2D eigenvalue weighted by molar-refractivity contribution is 8.00. The van der Waals surface area contributed by atoms with Gasteiger partial charge in [0, 0.05) is 24.0 Å². The summed E-state index contributed by atoms with van der Waals surface area (Å²) >= 11 is 1.93. The van der Waals surface area contributed by atoms with Gasteiger partial charge in [-0.15, -0.1) is 0 Å². The predicted molar refractivity (Wildman–Crippen MR) is 147 cm³/mol. The van der Waals surface area contributed by atoms with Crippen LogP contribution in [0.5, 0.6) is 0 Å². The lowest BCUT2D eigenvalue weighted by Gasteiger charge is -2.16. The van der Waals surface area contributed by atoms with Gasteiger partial charge in [-0.1, -0.05) is 63.9 Å². The molecule has 0 aliphatic carbocycles. The Hall–Kier alpha value is -1.74. The SMILES string of the molecule is C[C@@H]1OC(=O)/C(=C/CCCCCCCCCCCCNC(=O)CCCC[C@@H]2SC[C@@H]3NC(=O)N[C@@H]32)[C@@H]1O. The van der Waals surface area contributed by atoms with Crippen molar-refractivity contribution in [1.82, 2.24) is 16.0 Å². The van der Waals surface area contributed by atoms with Crippen molar-refractivity contribution in [2.24, 2.45) is 0 Å². The molecule has 0 aromatic heterocycles. The third kappa shape index (κ3) is 10.2. The van der Waals surface area contributed by atoms with Crippen molar-refractivity contribution >= 4 is 29.7 Å². The molecule has 5 atom stereocenters. The van der Waals surface area contributed by atoms with Crippen molar-refractivity contribution in [2.75, 3.05) is 12.3 Å². The van der Waals surface area contributed by atoms with Crippen LogP contribution in [0.15, 0.2) is 11.6 Å². The van der Waals surface area contributed by atoms with Gasteiger partial charge in [-0.25, -0.2) is 9.59 Å². The Balaban J connectivity index is 1.04. The van der Waals surface area contributed by atoms with Gasteiger partial charge in [-0.2, -0.15) is 11.8 Å². The number of thioether (sulfide) groups is 1. The normalized spacial score (nSPS) is 27.7. The molecular weight excluding hydrogens is 490 g/mol. The minimum absolute atomic E-state index is 0.0377. The van der Waals surface area contributed by atoms with E-state index in [-0.39, 0.29) is 30.0 Å². The summed E-state index contributed by atoms with van der Waals surface area (Å²) in [6.07, 6.45) is 17.0. The van der Waals surface area contributed by atoms with Gasteiger partial charge in [0.2, 0.25) is 5.91 Å². The zero-order chi connectivity index (χ0) is 26.5. The number of hydrogen-bond donors (Lipinski definition) is 4. The summed E-state index contributed by atoms with van der Waals surface area (Å²) in [6, 6.07) is 0.494. The first-order chi connectivity index (χ1) is 18.0. The van der Waals surface area contributed by atoms with E-state index in [1.807, 2.05) is 17.8 Å². The summed E-state index contributed by atoms with van der Waals surface area (Å²) < 4.78 is 5.02. The highest BCUT2D eigenvalue weighted by Crippen LogP contribution is 2.33. The number of carbonyl (C=O) groups is 3. The topological polar surface area (TPSA) is 117 Å². The molecule has 0 radical (unpaired) electrons. The Labute approximate surface area is 226 Å². The van der Waals surface area contributed by atoms with Crippen molar-refractivity contribution < 1.29 is 24.2 Å². The smallest absolute Gasteiger partial charge is 0.336 e. The van der Waals surface area contributed by atoms with Crippen LogP contribution < -0.4 is 16.0 Å². The van der Waals surface area contributed by atoms with Crippen molar-refractivity contribution in [3.8, 4) is 0 Å². The average Bonchev–Trinajstić information content (AvgIpc) is 3.49. The summed E-state index contributed by atoms with van der Waals surface area (Å²) in [5.41, 5.74) is 0.430. The van der Waals surface area contributed by atoms with E-state index in [1.54, 1.807) is 6.92 Å². The van der Waals surface area contributed by atoms with E-state index < -0.39 is 12.2 Å². The zero-order valence-corrected chi connectivity index (χ0v) is 23.3. The van der Waals surface area contributed by atoms with Crippen LogP contribution in [0.25, 0.3) is 0 Å². The highest BCUT2D eigenvalue weighted by Gasteiger charge is 2.42. The van der Waals surface area contributed by atoms with Gasteiger partial charge in [0.05, 0.1) is 17.7 Å². The fraction of sp³-hybridized carbons (Fsp3) is 0.821. The minimum atomic E-state index is -0.772. The highest BCUT2D eigenvalue weighted by atomic mass is 32.2. The van der Waals surface area contributed by atoms with Gasteiger partial charge in [0.25, 0.3) is 0 Å². The van der Waals surface area contributed by atoms with Crippen molar-refractivity contribution in [1.29, 1.82) is 0 Å². The molecule has 0 spiro atoms. The van der Waals surface area contributed by atoms with Gasteiger partial charge < -0.3 is 25.8 Å².